The van der Waals surface area contributed by atoms with Crippen molar-refractivity contribution in [1.29, 1.82) is 0 Å². The summed E-state index contributed by atoms with van der Waals surface area (Å²) in [5, 5.41) is 5.49. The molecule has 2 aromatic carbocycles. The molecule has 2 rings (SSSR count). The summed E-state index contributed by atoms with van der Waals surface area (Å²) in [5.41, 5.74) is 5.56. The predicted octanol–water partition coefficient (Wildman–Crippen LogP) is 4.13. The smallest absolute Gasteiger partial charge is 0.313 e. The maximum Gasteiger partial charge on any atom is 0.313 e. The van der Waals surface area contributed by atoms with Gasteiger partial charge in [0.1, 0.15) is 5.75 Å². The van der Waals surface area contributed by atoms with E-state index in [1.54, 1.807) is 0 Å². The van der Waals surface area contributed by atoms with Crippen LogP contribution >= 0.6 is 0 Å². The second-order valence-electron chi connectivity index (χ2n) is 6.90. The summed E-state index contributed by atoms with van der Waals surface area (Å²) in [6.45, 7) is 12.1. The number of carbonyl (C=O) groups excluding carboxylic acids is 2. The number of nitrogens with one attached hydrogen (secondary N) is 2. The van der Waals surface area contributed by atoms with Crippen molar-refractivity contribution < 1.29 is 14.3 Å². The fraction of sp³-hybridized carbons (Fsp3) is 0.364. The van der Waals surface area contributed by atoms with Crippen LogP contribution in [0.15, 0.2) is 30.3 Å². The van der Waals surface area contributed by atoms with Crippen LogP contribution in [0.4, 0.5) is 5.69 Å². The molecule has 0 radical (unpaired) electrons. The summed E-state index contributed by atoms with van der Waals surface area (Å²) in [6.07, 6.45) is 0. The highest BCUT2D eigenvalue weighted by molar-refractivity contribution is 6.39. The van der Waals surface area contributed by atoms with E-state index in [1.807, 2.05) is 71.9 Å². The van der Waals surface area contributed by atoms with Crippen molar-refractivity contribution in [3.63, 3.8) is 0 Å². The van der Waals surface area contributed by atoms with Gasteiger partial charge in [-0.2, -0.15) is 0 Å². The Morgan fingerprint density at radius 2 is 1.59 bits per heavy atom. The van der Waals surface area contributed by atoms with Gasteiger partial charge < -0.3 is 15.4 Å². The van der Waals surface area contributed by atoms with Gasteiger partial charge in [0.05, 0.1) is 12.6 Å². The highest BCUT2D eigenvalue weighted by Crippen LogP contribution is 2.27. The lowest BCUT2D eigenvalue weighted by Crippen LogP contribution is -2.37. The third-order valence-electron chi connectivity index (χ3n) is 4.40. The van der Waals surface area contributed by atoms with Crippen molar-refractivity contribution in [3.8, 4) is 5.75 Å². The number of benzene rings is 2. The van der Waals surface area contributed by atoms with E-state index in [2.05, 4.69) is 10.6 Å². The third kappa shape index (κ3) is 5.09. The highest BCUT2D eigenvalue weighted by atomic mass is 16.5. The monoisotopic (exact) mass is 368 g/mol. The van der Waals surface area contributed by atoms with E-state index in [4.69, 9.17) is 4.74 Å². The van der Waals surface area contributed by atoms with Crippen LogP contribution in [0.1, 0.15) is 47.7 Å². The molecule has 0 heterocycles. The Kier molecular flexibility index (Phi) is 6.61. The first-order valence-electron chi connectivity index (χ1n) is 9.16. The zero-order valence-electron chi connectivity index (χ0n) is 16.9. The number of ether oxygens (including phenoxy) is 1. The number of hydrogen-bond acceptors (Lipinski definition) is 3. The van der Waals surface area contributed by atoms with Gasteiger partial charge >= 0.3 is 11.8 Å². The van der Waals surface area contributed by atoms with Gasteiger partial charge in [0, 0.05) is 11.3 Å². The molecule has 0 bridgehead atoms. The summed E-state index contributed by atoms with van der Waals surface area (Å²) in [5.74, 6) is -0.644. The number of hydrogen-bond donors (Lipinski definition) is 2. The van der Waals surface area contributed by atoms with Crippen molar-refractivity contribution in [2.45, 2.75) is 47.6 Å². The van der Waals surface area contributed by atoms with Crippen molar-refractivity contribution in [1.82, 2.24) is 5.32 Å². The highest BCUT2D eigenvalue weighted by Gasteiger charge is 2.20. The Morgan fingerprint density at radius 1 is 0.963 bits per heavy atom. The van der Waals surface area contributed by atoms with Crippen LogP contribution in [-0.4, -0.2) is 18.4 Å². The standard InChI is InChI=1S/C22H28N2O3/c1-7-27-19-9-8-13(2)12-18(19)17(6)23-21(25)22(26)24-20-15(4)10-14(3)11-16(20)5/h8-12,17H,7H2,1-6H3,(H,23,25)(H,24,26). The minimum Gasteiger partial charge on any atom is -0.494 e. The Hall–Kier alpha value is -2.82. The van der Waals surface area contributed by atoms with E-state index in [9.17, 15) is 9.59 Å². The lowest BCUT2D eigenvalue weighted by Gasteiger charge is -2.19. The Labute approximate surface area is 161 Å². The molecule has 1 atom stereocenters. The normalized spacial score (nSPS) is 11.6. The first kappa shape index (κ1) is 20.5. The van der Waals surface area contributed by atoms with Crippen LogP contribution in [0.5, 0.6) is 5.75 Å². The van der Waals surface area contributed by atoms with E-state index in [0.29, 0.717) is 18.0 Å². The molecule has 0 aliphatic heterocycles. The molecular weight excluding hydrogens is 340 g/mol. The minimum absolute atomic E-state index is 0.357. The second-order valence-corrected chi connectivity index (χ2v) is 6.90. The zero-order valence-corrected chi connectivity index (χ0v) is 16.9. The largest absolute Gasteiger partial charge is 0.494 e. The maximum absolute atomic E-state index is 12.4. The lowest BCUT2D eigenvalue weighted by atomic mass is 10.0. The van der Waals surface area contributed by atoms with Crippen molar-refractivity contribution >= 4 is 17.5 Å². The van der Waals surface area contributed by atoms with Gasteiger partial charge in [0.2, 0.25) is 0 Å². The van der Waals surface area contributed by atoms with Crippen LogP contribution in [-0.2, 0) is 9.59 Å². The maximum atomic E-state index is 12.4. The van der Waals surface area contributed by atoms with Gasteiger partial charge in [-0.15, -0.1) is 0 Å². The van der Waals surface area contributed by atoms with E-state index < -0.39 is 11.8 Å². The molecule has 1 unspecified atom stereocenters. The van der Waals surface area contributed by atoms with E-state index in [1.165, 1.54) is 0 Å². The SMILES string of the molecule is CCOc1ccc(C)cc1C(C)NC(=O)C(=O)Nc1c(C)cc(C)cc1C. The molecule has 2 amide bonds. The van der Waals surface area contributed by atoms with Crippen LogP contribution in [0.25, 0.3) is 0 Å². The summed E-state index contributed by atoms with van der Waals surface area (Å²) in [6, 6.07) is 9.40. The molecule has 0 saturated carbocycles. The molecular formula is C22H28N2O3. The van der Waals surface area contributed by atoms with Crippen LogP contribution in [0, 0.1) is 27.7 Å². The predicted molar refractivity (Wildman–Crippen MR) is 108 cm³/mol. The van der Waals surface area contributed by atoms with Gasteiger partial charge in [0.15, 0.2) is 0 Å². The Bertz CT molecular complexity index is 836. The van der Waals surface area contributed by atoms with Crippen LogP contribution in [0.3, 0.4) is 0 Å². The van der Waals surface area contributed by atoms with Gasteiger partial charge in [-0.25, -0.2) is 0 Å². The summed E-state index contributed by atoms with van der Waals surface area (Å²) >= 11 is 0. The fourth-order valence-electron chi connectivity index (χ4n) is 3.18. The number of rotatable bonds is 5. The average Bonchev–Trinajstić information content (AvgIpc) is 2.59. The van der Waals surface area contributed by atoms with E-state index in [0.717, 1.165) is 27.8 Å². The number of aryl methyl sites for hydroxylation is 4. The van der Waals surface area contributed by atoms with E-state index in [-0.39, 0.29) is 6.04 Å². The quantitative estimate of drug-likeness (QED) is 0.780. The van der Waals surface area contributed by atoms with Crippen molar-refractivity contribution in [2.75, 3.05) is 11.9 Å². The molecule has 0 aromatic heterocycles. The first-order valence-corrected chi connectivity index (χ1v) is 9.16. The molecule has 27 heavy (non-hydrogen) atoms. The second kappa shape index (κ2) is 8.71. The molecule has 2 aromatic rings. The Morgan fingerprint density at radius 3 is 2.19 bits per heavy atom. The topological polar surface area (TPSA) is 67.4 Å². The van der Waals surface area contributed by atoms with Gasteiger partial charge in [-0.1, -0.05) is 35.4 Å². The van der Waals surface area contributed by atoms with Gasteiger partial charge in [-0.05, 0) is 58.7 Å². The molecule has 0 aliphatic carbocycles. The van der Waals surface area contributed by atoms with Crippen molar-refractivity contribution in [3.05, 3.63) is 58.1 Å². The number of carbonyl (C=O) groups is 2. The molecule has 5 nitrogen and oxygen atoms in total. The van der Waals surface area contributed by atoms with Crippen LogP contribution < -0.4 is 15.4 Å². The first-order chi connectivity index (χ1) is 12.7. The van der Waals surface area contributed by atoms with E-state index >= 15 is 0 Å². The average molecular weight is 368 g/mol. The van der Waals surface area contributed by atoms with Crippen LogP contribution in [0.2, 0.25) is 0 Å². The molecule has 0 saturated heterocycles. The number of anilines is 1. The minimum atomic E-state index is -0.678. The van der Waals surface area contributed by atoms with Crippen molar-refractivity contribution in [2.24, 2.45) is 0 Å². The fourth-order valence-corrected chi connectivity index (χ4v) is 3.18. The Balaban J connectivity index is 2.13. The molecule has 0 spiro atoms. The molecule has 2 N–H and O–H groups in total. The van der Waals surface area contributed by atoms with Gasteiger partial charge in [-0.3, -0.25) is 9.59 Å². The molecule has 0 aliphatic rings. The molecule has 0 fully saturated rings. The number of amides is 2. The van der Waals surface area contributed by atoms with Gasteiger partial charge in [0.25, 0.3) is 0 Å². The summed E-state index contributed by atoms with van der Waals surface area (Å²) in [7, 11) is 0. The summed E-state index contributed by atoms with van der Waals surface area (Å²) < 4.78 is 5.64. The zero-order chi connectivity index (χ0) is 20.1. The lowest BCUT2D eigenvalue weighted by molar-refractivity contribution is -0.136. The third-order valence-corrected chi connectivity index (χ3v) is 4.40. The summed E-state index contributed by atoms with van der Waals surface area (Å²) in [4.78, 5) is 24.8. The molecule has 5 heteroatoms. The molecule has 144 valence electrons.